The van der Waals surface area contributed by atoms with Gasteiger partial charge in [-0.1, -0.05) is 151 Å². The molecule has 0 nitrogen and oxygen atoms in total. The second-order valence-corrected chi connectivity index (χ2v) is 12.2. The van der Waals surface area contributed by atoms with Crippen molar-refractivity contribution in [3.8, 4) is 33.4 Å². The topological polar surface area (TPSA) is 0 Å². The molecule has 0 saturated carbocycles. The van der Waals surface area contributed by atoms with Crippen molar-refractivity contribution in [1.29, 1.82) is 0 Å². The quantitative estimate of drug-likeness (QED) is 0.146. The van der Waals surface area contributed by atoms with Gasteiger partial charge in [-0.05, 0) is 112 Å². The molecule has 0 bridgehead atoms. The predicted molar refractivity (Wildman–Crippen MR) is 195 cm³/mol. The summed E-state index contributed by atoms with van der Waals surface area (Å²) in [6.07, 6.45) is 0. The Hall–Kier alpha value is -5.72. The highest BCUT2D eigenvalue weighted by molar-refractivity contribution is 6.23. The fourth-order valence-corrected chi connectivity index (χ4v) is 7.37. The summed E-state index contributed by atoms with van der Waals surface area (Å²) < 4.78 is 0. The Morgan fingerprint density at radius 1 is 0.289 bits per heavy atom. The zero-order chi connectivity index (χ0) is 29.9. The molecule has 0 aliphatic heterocycles. The lowest BCUT2D eigenvalue weighted by molar-refractivity contribution is 1.51. The van der Waals surface area contributed by atoms with Crippen LogP contribution in [-0.2, 0) is 0 Å². The summed E-state index contributed by atoms with van der Waals surface area (Å²) in [6, 6.07) is 60.5. The highest BCUT2D eigenvalue weighted by Crippen LogP contribution is 2.45. The van der Waals surface area contributed by atoms with Crippen molar-refractivity contribution in [3.63, 3.8) is 0 Å². The normalized spacial score (nSPS) is 11.7. The van der Waals surface area contributed by atoms with Crippen LogP contribution < -0.4 is 0 Å². The van der Waals surface area contributed by atoms with E-state index >= 15 is 0 Å². The van der Waals surface area contributed by atoms with E-state index in [9.17, 15) is 0 Å². The number of fused-ring (bicyclic) bond motifs is 6. The molecule has 0 N–H and O–H groups in total. The van der Waals surface area contributed by atoms with Crippen LogP contribution in [0.3, 0.4) is 0 Å². The van der Waals surface area contributed by atoms with Crippen LogP contribution in [0.25, 0.3) is 87.2 Å². The van der Waals surface area contributed by atoms with Crippen LogP contribution in [0, 0.1) is 6.92 Å². The van der Waals surface area contributed by atoms with Crippen molar-refractivity contribution in [2.75, 3.05) is 0 Å². The first-order chi connectivity index (χ1) is 22.2. The van der Waals surface area contributed by atoms with Crippen LogP contribution in [0.15, 0.2) is 164 Å². The average molecular weight is 571 g/mol. The molecule has 0 aliphatic carbocycles. The molecule has 9 aromatic rings. The zero-order valence-electron chi connectivity index (χ0n) is 25.1. The van der Waals surface area contributed by atoms with Crippen LogP contribution in [0.2, 0.25) is 0 Å². The van der Waals surface area contributed by atoms with Crippen LogP contribution in [0.4, 0.5) is 0 Å². The number of benzene rings is 9. The minimum Gasteiger partial charge on any atom is -0.0622 e. The maximum Gasteiger partial charge on any atom is -0.00261 e. The highest BCUT2D eigenvalue weighted by atomic mass is 14.2. The van der Waals surface area contributed by atoms with Gasteiger partial charge in [0.15, 0.2) is 0 Å². The fraction of sp³-hybridized carbons (Fsp3) is 0.0222. The maximum atomic E-state index is 2.44. The third kappa shape index (κ3) is 4.14. The Morgan fingerprint density at radius 2 is 0.889 bits per heavy atom. The van der Waals surface area contributed by atoms with E-state index in [0.717, 1.165) is 0 Å². The van der Waals surface area contributed by atoms with Gasteiger partial charge in [-0.2, -0.15) is 0 Å². The second-order valence-electron chi connectivity index (χ2n) is 12.2. The fourth-order valence-electron chi connectivity index (χ4n) is 7.37. The van der Waals surface area contributed by atoms with Crippen molar-refractivity contribution in [2.45, 2.75) is 6.92 Å². The van der Waals surface area contributed by atoms with E-state index in [-0.39, 0.29) is 0 Å². The zero-order valence-corrected chi connectivity index (χ0v) is 25.1. The van der Waals surface area contributed by atoms with Gasteiger partial charge in [0.1, 0.15) is 0 Å². The van der Waals surface area contributed by atoms with Gasteiger partial charge in [0, 0.05) is 0 Å². The molecule has 0 heterocycles. The molecule has 0 amide bonds. The molecule has 0 fully saturated rings. The van der Waals surface area contributed by atoms with Gasteiger partial charge in [0.2, 0.25) is 0 Å². The molecule has 210 valence electrons. The summed E-state index contributed by atoms with van der Waals surface area (Å²) in [4.78, 5) is 0. The van der Waals surface area contributed by atoms with Gasteiger partial charge in [-0.3, -0.25) is 0 Å². The van der Waals surface area contributed by atoms with Crippen LogP contribution >= 0.6 is 0 Å². The second kappa shape index (κ2) is 10.2. The highest BCUT2D eigenvalue weighted by Gasteiger charge is 2.18. The van der Waals surface area contributed by atoms with E-state index in [2.05, 4.69) is 171 Å². The Morgan fingerprint density at radius 3 is 1.62 bits per heavy atom. The summed E-state index contributed by atoms with van der Waals surface area (Å²) in [6.45, 7) is 2.20. The Kier molecular flexibility index (Phi) is 5.83. The number of hydrogen-bond acceptors (Lipinski definition) is 0. The van der Waals surface area contributed by atoms with Gasteiger partial charge in [0.25, 0.3) is 0 Å². The largest absolute Gasteiger partial charge is 0.0622 e. The summed E-state index contributed by atoms with van der Waals surface area (Å²) in [5, 5.41) is 12.8. The molecule has 0 saturated heterocycles. The van der Waals surface area contributed by atoms with E-state index < -0.39 is 0 Å². The number of rotatable bonds is 3. The van der Waals surface area contributed by atoms with Gasteiger partial charge in [0.05, 0.1) is 0 Å². The molecule has 0 unspecified atom stereocenters. The molecule has 0 spiro atoms. The van der Waals surface area contributed by atoms with Crippen molar-refractivity contribution in [1.82, 2.24) is 0 Å². The smallest absolute Gasteiger partial charge is 0.00261 e. The first-order valence-electron chi connectivity index (χ1n) is 15.7. The van der Waals surface area contributed by atoms with E-state index in [1.165, 1.54) is 92.8 Å². The maximum absolute atomic E-state index is 2.44. The molecule has 0 aromatic heterocycles. The van der Waals surface area contributed by atoms with Gasteiger partial charge in [-0.15, -0.1) is 0 Å². The summed E-state index contributed by atoms with van der Waals surface area (Å²) >= 11 is 0. The number of hydrogen-bond donors (Lipinski definition) is 0. The third-order valence-corrected chi connectivity index (χ3v) is 9.45. The standard InChI is InChI=1S/C45H30/c1-29-19-22-39-42(25-29)45(31-13-6-3-7-14-31)43-28-35(21-24-40(43)44(39)30-11-4-2-5-12-30)36-17-10-18-37-38(36)23-20-34-26-32-15-8-9-16-33(32)27-41(34)37/h2-28H,1H3. The summed E-state index contributed by atoms with van der Waals surface area (Å²) in [5.74, 6) is 0. The van der Waals surface area contributed by atoms with Crippen molar-refractivity contribution < 1.29 is 0 Å². The van der Waals surface area contributed by atoms with Gasteiger partial charge >= 0.3 is 0 Å². The molecule has 9 rings (SSSR count). The lowest BCUT2D eigenvalue weighted by atomic mass is 9.84. The molecular weight excluding hydrogens is 540 g/mol. The average Bonchev–Trinajstić information content (AvgIpc) is 3.10. The van der Waals surface area contributed by atoms with E-state index in [1.54, 1.807) is 0 Å². The van der Waals surface area contributed by atoms with Gasteiger partial charge in [-0.25, -0.2) is 0 Å². The monoisotopic (exact) mass is 570 g/mol. The van der Waals surface area contributed by atoms with Crippen molar-refractivity contribution in [2.24, 2.45) is 0 Å². The molecule has 9 aromatic carbocycles. The van der Waals surface area contributed by atoms with Crippen LogP contribution in [-0.4, -0.2) is 0 Å². The Labute approximate surface area is 262 Å². The molecule has 0 atom stereocenters. The molecule has 0 heteroatoms. The molecule has 0 radical (unpaired) electrons. The molecule has 45 heavy (non-hydrogen) atoms. The minimum atomic E-state index is 1.23. The predicted octanol–water partition coefficient (Wildman–Crippen LogP) is 12.8. The van der Waals surface area contributed by atoms with Crippen LogP contribution in [0.5, 0.6) is 0 Å². The van der Waals surface area contributed by atoms with Crippen molar-refractivity contribution in [3.05, 3.63) is 169 Å². The Balaban J connectivity index is 1.38. The summed E-state index contributed by atoms with van der Waals surface area (Å²) in [5.41, 5.74) is 8.83. The number of aryl methyl sites for hydroxylation is 1. The van der Waals surface area contributed by atoms with E-state index in [0.29, 0.717) is 0 Å². The SMILES string of the molecule is Cc1ccc2c(-c3ccccc3)c3ccc(-c4cccc5c4ccc4cc6ccccc6cc45)cc3c(-c3ccccc3)c2c1. The molecule has 0 aliphatic rings. The van der Waals surface area contributed by atoms with Gasteiger partial charge < -0.3 is 0 Å². The summed E-state index contributed by atoms with van der Waals surface area (Å²) in [7, 11) is 0. The van der Waals surface area contributed by atoms with E-state index in [1.807, 2.05) is 0 Å². The lowest BCUT2D eigenvalue weighted by Gasteiger charge is -2.19. The third-order valence-electron chi connectivity index (χ3n) is 9.45. The first kappa shape index (κ1) is 25.7. The lowest BCUT2D eigenvalue weighted by Crippen LogP contribution is -1.92. The molecular formula is C45H30. The Bertz CT molecular complexity index is 2570. The van der Waals surface area contributed by atoms with Crippen LogP contribution in [0.1, 0.15) is 5.56 Å². The minimum absolute atomic E-state index is 1.23. The first-order valence-corrected chi connectivity index (χ1v) is 15.7. The van der Waals surface area contributed by atoms with Crippen molar-refractivity contribution >= 4 is 53.9 Å². The van der Waals surface area contributed by atoms with E-state index in [4.69, 9.17) is 0 Å².